The van der Waals surface area contributed by atoms with Crippen molar-refractivity contribution in [3.8, 4) is 11.6 Å². The molecule has 0 aliphatic rings. The number of nitrogens with one attached hydrogen (secondary N) is 1. The van der Waals surface area contributed by atoms with Gasteiger partial charge in [-0.15, -0.1) is 0 Å². The normalized spacial score (nSPS) is 11.0. The van der Waals surface area contributed by atoms with Crippen LogP contribution in [0.5, 0.6) is 5.88 Å². The molecule has 0 bridgehead atoms. The number of amides is 1. The van der Waals surface area contributed by atoms with E-state index in [1.165, 1.54) is 5.56 Å². The maximum atomic E-state index is 12.5. The number of aryl methyl sites for hydroxylation is 3. The minimum absolute atomic E-state index is 0.0368. The van der Waals surface area contributed by atoms with Crippen LogP contribution in [0, 0.1) is 20.8 Å². The van der Waals surface area contributed by atoms with Gasteiger partial charge in [-0.05, 0) is 63.9 Å². The number of aromatic nitrogens is 3. The quantitative estimate of drug-likeness (QED) is 0.433. The van der Waals surface area contributed by atoms with Gasteiger partial charge in [0.1, 0.15) is 0 Å². The number of benzene rings is 2. The van der Waals surface area contributed by atoms with E-state index < -0.39 is 0 Å². The number of rotatable bonds is 7. The van der Waals surface area contributed by atoms with E-state index in [1.807, 2.05) is 61.0 Å². The van der Waals surface area contributed by atoms with Gasteiger partial charge in [0.2, 0.25) is 11.8 Å². The number of para-hydroxylation sites is 1. The van der Waals surface area contributed by atoms with Crippen LogP contribution in [0.2, 0.25) is 0 Å². The van der Waals surface area contributed by atoms with Gasteiger partial charge in [-0.2, -0.15) is 10.1 Å². The molecule has 0 aliphatic heterocycles. The highest BCUT2D eigenvalue weighted by Crippen LogP contribution is 2.32. The van der Waals surface area contributed by atoms with E-state index in [4.69, 9.17) is 14.8 Å². The van der Waals surface area contributed by atoms with Gasteiger partial charge < -0.3 is 10.1 Å². The predicted molar refractivity (Wildman–Crippen MR) is 128 cm³/mol. The number of pyridine rings is 1. The molecule has 2 aromatic heterocycles. The summed E-state index contributed by atoms with van der Waals surface area (Å²) in [6.07, 6.45) is 0.881. The molecule has 2 aromatic carbocycles. The number of fused-ring (bicyclic) bond motifs is 1. The van der Waals surface area contributed by atoms with Gasteiger partial charge in [0.25, 0.3) is 0 Å². The summed E-state index contributed by atoms with van der Waals surface area (Å²) in [7, 11) is 0. The Balaban J connectivity index is 1.68. The molecule has 1 N–H and O–H groups in total. The molecule has 4 rings (SSSR count). The van der Waals surface area contributed by atoms with Crippen LogP contribution in [0.1, 0.15) is 35.7 Å². The lowest BCUT2D eigenvalue weighted by Gasteiger charge is -2.14. The number of carbonyl (C=O) groups excluding carboxylic acids is 1. The Morgan fingerprint density at radius 1 is 1.03 bits per heavy atom. The second-order valence-corrected chi connectivity index (χ2v) is 7.90. The molecule has 0 saturated carbocycles. The van der Waals surface area contributed by atoms with Crippen molar-refractivity contribution in [3.63, 3.8) is 0 Å². The summed E-state index contributed by atoms with van der Waals surface area (Å²) in [6, 6.07) is 17.7. The molecule has 0 radical (unpaired) electrons. The number of hydrogen-bond acceptors (Lipinski definition) is 4. The molecule has 2 heterocycles. The van der Waals surface area contributed by atoms with Gasteiger partial charge in [0.15, 0.2) is 5.65 Å². The number of carbonyl (C=O) groups is 1. The third-order valence-corrected chi connectivity index (χ3v) is 5.55. The molecule has 0 spiro atoms. The Morgan fingerprint density at radius 2 is 1.75 bits per heavy atom. The smallest absolute Gasteiger partial charge is 0.224 e. The first-order valence-electron chi connectivity index (χ1n) is 10.9. The van der Waals surface area contributed by atoms with Crippen LogP contribution >= 0.6 is 0 Å². The van der Waals surface area contributed by atoms with Crippen molar-refractivity contribution < 1.29 is 9.53 Å². The van der Waals surface area contributed by atoms with E-state index in [2.05, 4.69) is 31.3 Å². The molecule has 0 aliphatic carbocycles. The molecule has 4 aromatic rings. The SMILES string of the molecule is CCOc1nc2c(c(C)nn2-c2ccc(C)cc2)c(C)c1CCC(=O)Nc1ccccc1. The fourth-order valence-electron chi connectivity index (χ4n) is 3.93. The van der Waals surface area contributed by atoms with Crippen LogP contribution < -0.4 is 10.1 Å². The highest BCUT2D eigenvalue weighted by molar-refractivity contribution is 5.91. The lowest BCUT2D eigenvalue weighted by Crippen LogP contribution is -2.13. The molecule has 6 nitrogen and oxygen atoms in total. The predicted octanol–water partition coefficient (Wildman–Crippen LogP) is 5.32. The average molecular weight is 429 g/mol. The number of nitrogens with zero attached hydrogens (tertiary/aromatic N) is 3. The Hall–Kier alpha value is -3.67. The maximum absolute atomic E-state index is 12.5. The molecule has 0 fully saturated rings. The van der Waals surface area contributed by atoms with Gasteiger partial charge in [-0.3, -0.25) is 4.79 Å². The van der Waals surface area contributed by atoms with Gasteiger partial charge in [0, 0.05) is 23.1 Å². The third kappa shape index (κ3) is 4.35. The largest absolute Gasteiger partial charge is 0.478 e. The average Bonchev–Trinajstić information content (AvgIpc) is 3.11. The van der Waals surface area contributed by atoms with Crippen LogP contribution in [0.15, 0.2) is 54.6 Å². The van der Waals surface area contributed by atoms with Crippen LogP contribution in [-0.4, -0.2) is 27.3 Å². The van der Waals surface area contributed by atoms with Crippen molar-refractivity contribution in [2.75, 3.05) is 11.9 Å². The van der Waals surface area contributed by atoms with Crippen molar-refractivity contribution in [3.05, 3.63) is 77.0 Å². The van der Waals surface area contributed by atoms with Crippen LogP contribution in [0.4, 0.5) is 5.69 Å². The maximum Gasteiger partial charge on any atom is 0.224 e. The van der Waals surface area contributed by atoms with E-state index in [0.717, 1.165) is 39.2 Å². The lowest BCUT2D eigenvalue weighted by atomic mass is 10.0. The van der Waals surface area contributed by atoms with E-state index in [0.29, 0.717) is 25.3 Å². The van der Waals surface area contributed by atoms with E-state index in [1.54, 1.807) is 0 Å². The van der Waals surface area contributed by atoms with Crippen molar-refractivity contribution in [1.82, 2.24) is 14.8 Å². The van der Waals surface area contributed by atoms with Gasteiger partial charge in [-0.25, -0.2) is 4.68 Å². The third-order valence-electron chi connectivity index (χ3n) is 5.55. The van der Waals surface area contributed by atoms with Gasteiger partial charge in [-0.1, -0.05) is 35.9 Å². The summed E-state index contributed by atoms with van der Waals surface area (Å²) in [5, 5.41) is 8.72. The summed E-state index contributed by atoms with van der Waals surface area (Å²) >= 11 is 0. The second kappa shape index (κ2) is 9.22. The highest BCUT2D eigenvalue weighted by atomic mass is 16.5. The number of ether oxygens (including phenoxy) is 1. The molecule has 164 valence electrons. The monoisotopic (exact) mass is 428 g/mol. The standard InChI is InChI=1S/C26H28N4O2/c1-5-32-26-22(15-16-23(31)27-20-9-7-6-8-10-20)18(3)24-19(4)29-30(25(24)28-26)21-13-11-17(2)12-14-21/h6-14H,5,15-16H2,1-4H3,(H,27,31). The first-order valence-corrected chi connectivity index (χ1v) is 10.9. The summed E-state index contributed by atoms with van der Waals surface area (Å²) in [6.45, 7) is 8.56. The van der Waals surface area contributed by atoms with Crippen molar-refractivity contribution in [2.45, 2.75) is 40.5 Å². The summed E-state index contributed by atoms with van der Waals surface area (Å²) in [5.41, 5.74) is 6.63. The second-order valence-electron chi connectivity index (χ2n) is 7.90. The Morgan fingerprint density at radius 3 is 2.44 bits per heavy atom. The zero-order valence-electron chi connectivity index (χ0n) is 19.0. The molecular weight excluding hydrogens is 400 g/mol. The topological polar surface area (TPSA) is 69.0 Å². The van der Waals surface area contributed by atoms with E-state index in [-0.39, 0.29) is 5.91 Å². The molecule has 1 amide bonds. The summed E-state index contributed by atoms with van der Waals surface area (Å²) in [5.74, 6) is 0.531. The van der Waals surface area contributed by atoms with Crippen molar-refractivity contribution in [1.29, 1.82) is 0 Å². The lowest BCUT2D eigenvalue weighted by molar-refractivity contribution is -0.116. The molecule has 0 unspecified atom stereocenters. The minimum atomic E-state index is -0.0368. The minimum Gasteiger partial charge on any atom is -0.478 e. The van der Waals surface area contributed by atoms with Crippen molar-refractivity contribution >= 4 is 22.6 Å². The Labute approximate surface area is 188 Å². The zero-order chi connectivity index (χ0) is 22.7. The molecule has 0 atom stereocenters. The first-order chi connectivity index (χ1) is 15.5. The van der Waals surface area contributed by atoms with Gasteiger partial charge in [0.05, 0.1) is 18.0 Å². The first kappa shape index (κ1) is 21.6. The molecule has 32 heavy (non-hydrogen) atoms. The Bertz CT molecular complexity index is 1240. The van der Waals surface area contributed by atoms with Crippen LogP contribution in [-0.2, 0) is 11.2 Å². The fourth-order valence-corrected chi connectivity index (χ4v) is 3.93. The van der Waals surface area contributed by atoms with E-state index >= 15 is 0 Å². The van der Waals surface area contributed by atoms with Crippen LogP contribution in [0.25, 0.3) is 16.7 Å². The molecular formula is C26H28N4O2. The number of hydrogen-bond donors (Lipinski definition) is 1. The number of anilines is 1. The Kier molecular flexibility index (Phi) is 6.21. The summed E-state index contributed by atoms with van der Waals surface area (Å²) in [4.78, 5) is 17.4. The van der Waals surface area contributed by atoms with Crippen LogP contribution in [0.3, 0.4) is 0 Å². The molecule has 0 saturated heterocycles. The summed E-state index contributed by atoms with van der Waals surface area (Å²) < 4.78 is 7.78. The van der Waals surface area contributed by atoms with Gasteiger partial charge >= 0.3 is 0 Å². The van der Waals surface area contributed by atoms with Crippen molar-refractivity contribution in [2.24, 2.45) is 0 Å². The molecule has 6 heteroatoms. The fraction of sp³-hybridized carbons (Fsp3) is 0.269. The zero-order valence-corrected chi connectivity index (χ0v) is 19.0. The van der Waals surface area contributed by atoms with E-state index in [9.17, 15) is 4.79 Å². The highest BCUT2D eigenvalue weighted by Gasteiger charge is 2.20.